The molecule has 1 amide bonds. The number of nitrogens with one attached hydrogen (secondary N) is 3. The highest BCUT2D eigenvalue weighted by Crippen LogP contribution is 2.34. The number of hydroxylamine groups is 2. The molecular formula is C24H31N5O6S. The van der Waals surface area contributed by atoms with Crippen molar-refractivity contribution in [3.63, 3.8) is 0 Å². The molecule has 0 saturated carbocycles. The average molecular weight is 518 g/mol. The minimum atomic E-state index is -4.02. The Labute approximate surface area is 210 Å². The molecule has 12 heteroatoms. The predicted molar refractivity (Wildman–Crippen MR) is 132 cm³/mol. The van der Waals surface area contributed by atoms with Gasteiger partial charge in [0.05, 0.1) is 30.6 Å². The Kier molecular flexibility index (Phi) is 8.79. The van der Waals surface area contributed by atoms with Gasteiger partial charge in [0, 0.05) is 19.2 Å². The van der Waals surface area contributed by atoms with Crippen LogP contribution in [0.3, 0.4) is 0 Å². The van der Waals surface area contributed by atoms with E-state index in [-0.39, 0.29) is 29.7 Å². The van der Waals surface area contributed by atoms with Gasteiger partial charge in [-0.05, 0) is 30.5 Å². The third kappa shape index (κ3) is 6.66. The number of carbonyl (C=O) groups is 2. The summed E-state index contributed by atoms with van der Waals surface area (Å²) in [5.74, 6) is -1.23. The number of nitrogens with two attached hydrogens (primary N) is 1. The molecule has 1 saturated heterocycles. The molecule has 0 radical (unpaired) electrons. The van der Waals surface area contributed by atoms with Crippen LogP contribution in [0.2, 0.25) is 0 Å². The first-order chi connectivity index (χ1) is 17.0. The molecule has 1 fully saturated rings. The van der Waals surface area contributed by atoms with Crippen LogP contribution in [0.4, 0.5) is 0 Å². The second kappa shape index (κ2) is 11.6. The first-order valence-corrected chi connectivity index (χ1v) is 12.8. The fourth-order valence-electron chi connectivity index (χ4n) is 4.02. The van der Waals surface area contributed by atoms with E-state index in [0.717, 1.165) is 12.7 Å². The standard InChI is InChI=1S/C24H31N5O6S/c1-15-6-4-5-7-21(15)36(32,33)28-19(24(31)34-3)14-27-22(30)13-18-12-20(29(2)35-18)16-8-10-17(11-9-16)23(25)26/h4-11,18-20,28H,12-14H2,1-3H3,(H3,25,26)(H,27,30)/t18-,19-,20+/m0/s1. The summed E-state index contributed by atoms with van der Waals surface area (Å²) in [6.07, 6.45) is 0.154. The Morgan fingerprint density at radius 1 is 1.22 bits per heavy atom. The van der Waals surface area contributed by atoms with E-state index in [1.807, 2.05) is 12.1 Å². The van der Waals surface area contributed by atoms with E-state index in [1.165, 1.54) is 6.07 Å². The molecule has 3 rings (SSSR count). The maximum atomic E-state index is 12.8. The SMILES string of the molecule is COC(=O)[C@H](CNC(=O)C[C@@H]1C[C@H](c2ccc(C(=N)N)cc2)N(C)O1)NS(=O)(=O)c1ccccc1C. The summed E-state index contributed by atoms with van der Waals surface area (Å²) in [5.41, 5.74) is 7.60. The van der Waals surface area contributed by atoms with Crippen LogP contribution in [-0.4, -0.2) is 64.0 Å². The fraction of sp³-hybridized carbons (Fsp3) is 0.375. The van der Waals surface area contributed by atoms with Crippen LogP contribution in [0.1, 0.15) is 35.6 Å². The third-order valence-corrected chi connectivity index (χ3v) is 7.56. The minimum Gasteiger partial charge on any atom is -0.468 e. The molecular weight excluding hydrogens is 486 g/mol. The van der Waals surface area contributed by atoms with Gasteiger partial charge in [-0.25, -0.2) is 8.42 Å². The highest BCUT2D eigenvalue weighted by Gasteiger charge is 2.34. The lowest BCUT2D eigenvalue weighted by molar-refractivity contribution is -0.152. The van der Waals surface area contributed by atoms with Gasteiger partial charge in [-0.1, -0.05) is 42.5 Å². The average Bonchev–Trinajstić information content (AvgIpc) is 3.20. The highest BCUT2D eigenvalue weighted by atomic mass is 32.2. The van der Waals surface area contributed by atoms with E-state index < -0.39 is 34.0 Å². The van der Waals surface area contributed by atoms with Crippen molar-refractivity contribution < 1.29 is 27.6 Å². The first kappa shape index (κ1) is 27.3. The maximum Gasteiger partial charge on any atom is 0.325 e. The van der Waals surface area contributed by atoms with Crippen LogP contribution in [0.25, 0.3) is 0 Å². The molecule has 2 aromatic carbocycles. The molecule has 0 unspecified atom stereocenters. The Morgan fingerprint density at radius 2 is 1.89 bits per heavy atom. The van der Waals surface area contributed by atoms with Crippen LogP contribution in [0.15, 0.2) is 53.4 Å². The van der Waals surface area contributed by atoms with Gasteiger partial charge >= 0.3 is 5.97 Å². The molecule has 11 nitrogen and oxygen atoms in total. The smallest absolute Gasteiger partial charge is 0.325 e. The lowest BCUT2D eigenvalue weighted by atomic mass is 9.99. The zero-order valence-electron chi connectivity index (χ0n) is 20.4. The molecule has 3 atom stereocenters. The number of sulfonamides is 1. The van der Waals surface area contributed by atoms with Crippen molar-refractivity contribution in [3.05, 3.63) is 65.2 Å². The normalized spacial score (nSPS) is 19.0. The topological polar surface area (TPSA) is 164 Å². The molecule has 194 valence electrons. The number of amides is 1. The van der Waals surface area contributed by atoms with Gasteiger partial charge in [0.1, 0.15) is 11.9 Å². The Hall–Kier alpha value is -3.32. The zero-order chi connectivity index (χ0) is 26.5. The second-order valence-corrected chi connectivity index (χ2v) is 10.2. The minimum absolute atomic E-state index is 0.0152. The van der Waals surface area contributed by atoms with Crippen molar-refractivity contribution in [1.82, 2.24) is 15.1 Å². The third-order valence-electron chi connectivity index (χ3n) is 5.93. The van der Waals surface area contributed by atoms with E-state index in [9.17, 15) is 18.0 Å². The fourth-order valence-corrected chi connectivity index (χ4v) is 5.45. The quantitative estimate of drug-likeness (QED) is 0.206. The summed E-state index contributed by atoms with van der Waals surface area (Å²) >= 11 is 0. The predicted octanol–water partition coefficient (Wildman–Crippen LogP) is 0.982. The largest absolute Gasteiger partial charge is 0.468 e. The molecule has 1 aliphatic rings. The van der Waals surface area contributed by atoms with Crippen molar-refractivity contribution >= 4 is 27.7 Å². The number of rotatable bonds is 10. The van der Waals surface area contributed by atoms with E-state index in [4.69, 9.17) is 20.7 Å². The maximum absolute atomic E-state index is 12.8. The number of methoxy groups -OCH3 is 1. The highest BCUT2D eigenvalue weighted by molar-refractivity contribution is 7.89. The summed E-state index contributed by atoms with van der Waals surface area (Å²) in [6, 6.07) is 12.2. The van der Waals surface area contributed by atoms with Gasteiger partial charge in [0.15, 0.2) is 0 Å². The summed E-state index contributed by atoms with van der Waals surface area (Å²) in [7, 11) is -1.11. The lowest BCUT2D eigenvalue weighted by Crippen LogP contribution is -2.49. The van der Waals surface area contributed by atoms with Crippen LogP contribution in [0.5, 0.6) is 0 Å². The number of carbonyl (C=O) groups excluding carboxylic acids is 2. The number of benzene rings is 2. The number of hydrogen-bond acceptors (Lipinski definition) is 8. The molecule has 0 spiro atoms. The van der Waals surface area contributed by atoms with Crippen LogP contribution < -0.4 is 15.8 Å². The molecule has 5 N–H and O–H groups in total. The van der Waals surface area contributed by atoms with Crippen molar-refractivity contribution in [1.29, 1.82) is 5.41 Å². The number of aryl methyl sites for hydroxylation is 1. The van der Waals surface area contributed by atoms with E-state index in [2.05, 4.69) is 10.0 Å². The van der Waals surface area contributed by atoms with Crippen molar-refractivity contribution in [2.45, 2.75) is 42.8 Å². The molecule has 0 aromatic heterocycles. The van der Waals surface area contributed by atoms with Crippen LogP contribution in [-0.2, 0) is 29.2 Å². The summed E-state index contributed by atoms with van der Waals surface area (Å²) in [5, 5.41) is 11.8. The van der Waals surface area contributed by atoms with Gasteiger partial charge in [-0.3, -0.25) is 19.8 Å². The van der Waals surface area contributed by atoms with Crippen molar-refractivity contribution in [2.75, 3.05) is 20.7 Å². The number of esters is 1. The van der Waals surface area contributed by atoms with Gasteiger partial charge in [-0.2, -0.15) is 9.79 Å². The molecule has 1 heterocycles. The summed E-state index contributed by atoms with van der Waals surface area (Å²) < 4.78 is 32.6. The van der Waals surface area contributed by atoms with Crippen molar-refractivity contribution in [2.24, 2.45) is 5.73 Å². The molecule has 1 aliphatic heterocycles. The monoisotopic (exact) mass is 517 g/mol. The molecule has 36 heavy (non-hydrogen) atoms. The number of nitrogens with zero attached hydrogens (tertiary/aromatic N) is 1. The van der Waals surface area contributed by atoms with Gasteiger partial charge in [0.2, 0.25) is 15.9 Å². The Morgan fingerprint density at radius 3 is 2.50 bits per heavy atom. The van der Waals surface area contributed by atoms with E-state index in [1.54, 1.807) is 49.4 Å². The van der Waals surface area contributed by atoms with Crippen LogP contribution >= 0.6 is 0 Å². The van der Waals surface area contributed by atoms with E-state index >= 15 is 0 Å². The van der Waals surface area contributed by atoms with Gasteiger partial charge in [0.25, 0.3) is 0 Å². The summed E-state index contributed by atoms with van der Waals surface area (Å²) in [6.45, 7) is 1.36. The van der Waals surface area contributed by atoms with Crippen molar-refractivity contribution in [3.8, 4) is 0 Å². The number of ether oxygens (including phenoxy) is 1. The van der Waals surface area contributed by atoms with Crippen LogP contribution in [0, 0.1) is 12.3 Å². The first-order valence-electron chi connectivity index (χ1n) is 11.3. The zero-order valence-corrected chi connectivity index (χ0v) is 21.2. The molecule has 0 bridgehead atoms. The number of nitrogen functional groups attached to an aromatic ring is 1. The van der Waals surface area contributed by atoms with Gasteiger partial charge in [-0.15, -0.1) is 0 Å². The molecule has 0 aliphatic carbocycles. The summed E-state index contributed by atoms with van der Waals surface area (Å²) in [4.78, 5) is 30.7. The second-order valence-electron chi connectivity index (χ2n) is 8.53. The van der Waals surface area contributed by atoms with Gasteiger partial charge < -0.3 is 15.8 Å². The molecule has 2 aromatic rings. The van der Waals surface area contributed by atoms with E-state index in [0.29, 0.717) is 17.5 Å². The Balaban J connectivity index is 1.58. The number of hydrogen-bond donors (Lipinski definition) is 4. The Bertz CT molecular complexity index is 1220. The number of amidine groups is 1. The lowest BCUT2D eigenvalue weighted by Gasteiger charge is -2.19.